The second kappa shape index (κ2) is 7.66. The molecule has 0 N–H and O–H groups in total. The summed E-state index contributed by atoms with van der Waals surface area (Å²) in [7, 11) is 0. The highest BCUT2D eigenvalue weighted by Gasteiger charge is 2.37. The molecule has 0 atom stereocenters. The minimum atomic E-state index is 0.00394. The van der Waals surface area contributed by atoms with Gasteiger partial charge in [-0.2, -0.15) is 4.37 Å². The van der Waals surface area contributed by atoms with Crippen molar-refractivity contribution < 1.29 is 4.79 Å². The number of aromatic nitrogens is 1. The molecule has 1 saturated heterocycles. The van der Waals surface area contributed by atoms with Crippen molar-refractivity contribution in [1.82, 2.24) is 14.2 Å². The van der Waals surface area contributed by atoms with E-state index in [0.717, 1.165) is 35.6 Å². The minimum Gasteiger partial charge on any atom is -0.311 e. The molecule has 5 nitrogen and oxygen atoms in total. The van der Waals surface area contributed by atoms with Gasteiger partial charge in [0.25, 0.3) is 0 Å². The van der Waals surface area contributed by atoms with Crippen LogP contribution in [0.25, 0.3) is 0 Å². The highest BCUT2D eigenvalue weighted by molar-refractivity contribution is 7.10. The van der Waals surface area contributed by atoms with E-state index in [9.17, 15) is 4.79 Å². The Hall–Kier alpha value is -1.40. The Morgan fingerprint density at radius 2 is 2.00 bits per heavy atom. The van der Waals surface area contributed by atoms with Crippen molar-refractivity contribution >= 4 is 22.6 Å². The lowest BCUT2D eigenvalue weighted by molar-refractivity contribution is 0.0524. The smallest absolute Gasteiger partial charge is 0.311 e. The fourth-order valence-electron chi connectivity index (χ4n) is 2.79. The number of carbonyl (C=O) groups is 1. The molecule has 24 heavy (non-hydrogen) atoms. The number of nitrogens with zero attached hydrogens (tertiary/aromatic N) is 4. The molecule has 1 aliphatic rings. The third-order valence-corrected chi connectivity index (χ3v) is 5.49. The molecular weight excluding hydrogens is 320 g/mol. The van der Waals surface area contributed by atoms with Crippen molar-refractivity contribution in [2.75, 3.05) is 24.8 Å². The standard InChI is InChI=1S/C18H30N4OS/c1-7-9-10-11-20-12-21(18(4,5)6)13-22(17(20)23)16-14(3)15(8-2)19-24-16/h7,9H,8,10-13H2,1-6H3. The van der Waals surface area contributed by atoms with E-state index in [1.165, 1.54) is 11.5 Å². The SMILES string of the molecule is CC=CCCN1CN(C(C)(C)C)CN(c2snc(CC)c2C)C1=O. The van der Waals surface area contributed by atoms with Gasteiger partial charge in [-0.05, 0) is 59.0 Å². The van der Waals surface area contributed by atoms with E-state index in [1.54, 1.807) is 0 Å². The van der Waals surface area contributed by atoms with Gasteiger partial charge in [-0.25, -0.2) is 4.79 Å². The number of amides is 2. The Balaban J connectivity index is 2.30. The molecule has 0 unspecified atom stereocenters. The van der Waals surface area contributed by atoms with Crippen molar-refractivity contribution in [3.8, 4) is 0 Å². The number of anilines is 1. The number of carbonyl (C=O) groups excluding carboxylic acids is 1. The van der Waals surface area contributed by atoms with Gasteiger partial charge >= 0.3 is 6.03 Å². The largest absolute Gasteiger partial charge is 0.327 e. The van der Waals surface area contributed by atoms with Gasteiger partial charge in [0.1, 0.15) is 5.00 Å². The number of urea groups is 1. The maximum atomic E-state index is 13.0. The molecule has 0 aliphatic carbocycles. The quantitative estimate of drug-likeness (QED) is 0.746. The zero-order chi connectivity index (χ0) is 17.9. The maximum absolute atomic E-state index is 13.0. The molecular formula is C18H30N4OS. The number of allylic oxidation sites excluding steroid dienone is 1. The number of rotatable bonds is 5. The fraction of sp³-hybridized carbons (Fsp3) is 0.667. The average Bonchev–Trinajstić information content (AvgIpc) is 2.89. The summed E-state index contributed by atoms with van der Waals surface area (Å²) in [6, 6.07) is 0.0920. The summed E-state index contributed by atoms with van der Waals surface area (Å²) in [4.78, 5) is 19.2. The molecule has 2 heterocycles. The first-order chi connectivity index (χ1) is 11.3. The summed E-state index contributed by atoms with van der Waals surface area (Å²) in [6.45, 7) is 14.8. The van der Waals surface area contributed by atoms with Gasteiger partial charge in [-0.1, -0.05) is 19.1 Å². The average molecular weight is 351 g/mol. The topological polar surface area (TPSA) is 39.7 Å². The van der Waals surface area contributed by atoms with Gasteiger partial charge in [0.2, 0.25) is 0 Å². The first-order valence-electron chi connectivity index (χ1n) is 8.67. The monoisotopic (exact) mass is 350 g/mol. The van der Waals surface area contributed by atoms with E-state index in [-0.39, 0.29) is 11.6 Å². The molecule has 0 bridgehead atoms. The molecule has 0 aromatic carbocycles. The van der Waals surface area contributed by atoms with Gasteiger partial charge in [-0.15, -0.1) is 0 Å². The molecule has 1 aliphatic heterocycles. The zero-order valence-corrected chi connectivity index (χ0v) is 16.6. The lowest BCUT2D eigenvalue weighted by Gasteiger charge is -2.47. The van der Waals surface area contributed by atoms with Gasteiger partial charge in [0, 0.05) is 17.6 Å². The van der Waals surface area contributed by atoms with Crippen LogP contribution in [-0.4, -0.2) is 45.6 Å². The van der Waals surface area contributed by atoms with Crippen LogP contribution in [0.4, 0.5) is 9.80 Å². The lowest BCUT2D eigenvalue weighted by atomic mass is 10.1. The van der Waals surface area contributed by atoms with Crippen LogP contribution >= 0.6 is 11.5 Å². The van der Waals surface area contributed by atoms with Crippen molar-refractivity contribution in [2.24, 2.45) is 0 Å². The van der Waals surface area contributed by atoms with Crippen LogP contribution in [0.2, 0.25) is 0 Å². The van der Waals surface area contributed by atoms with E-state index >= 15 is 0 Å². The van der Waals surface area contributed by atoms with E-state index in [4.69, 9.17) is 0 Å². The van der Waals surface area contributed by atoms with E-state index in [2.05, 4.69) is 50.0 Å². The fourth-order valence-corrected chi connectivity index (χ4v) is 3.74. The minimum absolute atomic E-state index is 0.00394. The predicted octanol–water partition coefficient (Wildman–Crippen LogP) is 4.24. The molecule has 1 aromatic heterocycles. The number of aryl methyl sites for hydroxylation is 1. The Morgan fingerprint density at radius 1 is 1.29 bits per heavy atom. The highest BCUT2D eigenvalue weighted by Crippen LogP contribution is 2.32. The Labute approximate surface area is 150 Å². The first kappa shape index (κ1) is 18.9. The number of hydrogen-bond acceptors (Lipinski definition) is 4. The Morgan fingerprint density at radius 3 is 2.54 bits per heavy atom. The molecule has 1 fully saturated rings. The summed E-state index contributed by atoms with van der Waals surface area (Å²) in [5.74, 6) is 0. The molecule has 2 rings (SSSR count). The third-order valence-electron chi connectivity index (χ3n) is 4.48. The molecule has 0 radical (unpaired) electrons. The molecule has 2 amide bonds. The van der Waals surface area contributed by atoms with Crippen LogP contribution in [0.5, 0.6) is 0 Å². The highest BCUT2D eigenvalue weighted by atomic mass is 32.1. The van der Waals surface area contributed by atoms with E-state index in [1.807, 2.05) is 22.8 Å². The zero-order valence-electron chi connectivity index (χ0n) is 15.8. The van der Waals surface area contributed by atoms with Crippen molar-refractivity contribution in [3.05, 3.63) is 23.4 Å². The number of hydrogen-bond donors (Lipinski definition) is 0. The second-order valence-electron chi connectivity index (χ2n) is 7.24. The third kappa shape index (κ3) is 3.98. The van der Waals surface area contributed by atoms with Gasteiger partial charge in [0.15, 0.2) is 0 Å². The van der Waals surface area contributed by atoms with Crippen LogP contribution in [0, 0.1) is 6.92 Å². The van der Waals surface area contributed by atoms with E-state index < -0.39 is 0 Å². The first-order valence-corrected chi connectivity index (χ1v) is 9.44. The second-order valence-corrected chi connectivity index (χ2v) is 7.99. The molecule has 6 heteroatoms. The summed E-state index contributed by atoms with van der Waals surface area (Å²) in [6.07, 6.45) is 5.93. The van der Waals surface area contributed by atoms with Crippen molar-refractivity contribution in [2.45, 2.75) is 59.9 Å². The van der Waals surface area contributed by atoms with Gasteiger partial charge in [-0.3, -0.25) is 9.80 Å². The molecule has 134 valence electrons. The van der Waals surface area contributed by atoms with Crippen molar-refractivity contribution in [3.63, 3.8) is 0 Å². The maximum Gasteiger partial charge on any atom is 0.327 e. The summed E-state index contributed by atoms with van der Waals surface area (Å²) < 4.78 is 4.53. The van der Waals surface area contributed by atoms with E-state index in [0.29, 0.717) is 13.3 Å². The molecule has 1 aromatic rings. The van der Waals surface area contributed by atoms with Crippen LogP contribution < -0.4 is 4.90 Å². The van der Waals surface area contributed by atoms with Gasteiger partial charge < -0.3 is 4.90 Å². The van der Waals surface area contributed by atoms with Crippen LogP contribution in [0.1, 0.15) is 52.3 Å². The normalized spacial score (nSPS) is 17.3. The summed E-state index contributed by atoms with van der Waals surface area (Å²) >= 11 is 1.44. The van der Waals surface area contributed by atoms with Crippen LogP contribution in [0.15, 0.2) is 12.2 Å². The van der Waals surface area contributed by atoms with Crippen LogP contribution in [0.3, 0.4) is 0 Å². The van der Waals surface area contributed by atoms with Crippen LogP contribution in [-0.2, 0) is 6.42 Å². The predicted molar refractivity (Wildman–Crippen MR) is 102 cm³/mol. The summed E-state index contributed by atoms with van der Waals surface area (Å²) in [5, 5.41) is 0.988. The summed E-state index contributed by atoms with van der Waals surface area (Å²) in [5.41, 5.74) is 2.24. The molecule has 0 spiro atoms. The molecule has 0 saturated carbocycles. The Kier molecular flexibility index (Phi) is 6.04. The Bertz CT molecular complexity index is 603. The van der Waals surface area contributed by atoms with Crippen molar-refractivity contribution in [1.29, 1.82) is 0 Å². The van der Waals surface area contributed by atoms with Gasteiger partial charge in [0.05, 0.1) is 19.0 Å². The lowest BCUT2D eigenvalue weighted by Crippen LogP contribution is -2.62.